The van der Waals surface area contributed by atoms with Gasteiger partial charge in [0, 0.05) is 0 Å². The lowest BCUT2D eigenvalue weighted by atomic mass is 9.82. The van der Waals surface area contributed by atoms with Crippen molar-refractivity contribution in [2.75, 3.05) is 0 Å². The number of benzene rings is 9. The monoisotopic (exact) mass is 690 g/mol. The van der Waals surface area contributed by atoms with Gasteiger partial charge < -0.3 is 0 Å². The summed E-state index contributed by atoms with van der Waals surface area (Å²) in [6, 6.07) is 56.0. The van der Waals surface area contributed by atoms with Crippen molar-refractivity contribution >= 4 is 43.1 Å². The van der Waals surface area contributed by atoms with Gasteiger partial charge >= 0.3 is 0 Å². The van der Waals surface area contributed by atoms with E-state index in [9.17, 15) is 0 Å². The SMILES string of the molecule is CC(C)(C)c1cccc(-c2cc3c4c(c(-c5cccc(C(C)(C)C)c5)cc5c4c2-c2cc4ccccc4cc2-5)-c2cc4cc5ccccc5cc4cc2-3)c1. The average molecular weight is 691 g/mol. The summed E-state index contributed by atoms with van der Waals surface area (Å²) < 4.78 is 0. The van der Waals surface area contributed by atoms with Crippen molar-refractivity contribution < 1.29 is 0 Å². The maximum atomic E-state index is 2.55. The minimum absolute atomic E-state index is 0.0412. The van der Waals surface area contributed by atoms with Crippen molar-refractivity contribution in [3.63, 3.8) is 0 Å². The zero-order valence-electron chi connectivity index (χ0n) is 31.9. The van der Waals surface area contributed by atoms with Crippen molar-refractivity contribution in [3.8, 4) is 66.8 Å². The molecule has 9 aromatic rings. The Labute approximate surface area is 317 Å². The Morgan fingerprint density at radius 2 is 0.648 bits per heavy atom. The van der Waals surface area contributed by atoms with Crippen LogP contribution in [0.3, 0.4) is 0 Å². The third kappa shape index (κ3) is 4.50. The molecule has 0 radical (unpaired) electrons. The molecule has 0 heteroatoms. The normalized spacial score (nSPS) is 13.0. The van der Waals surface area contributed by atoms with Gasteiger partial charge in [-0.15, -0.1) is 0 Å². The summed E-state index contributed by atoms with van der Waals surface area (Å²) in [5, 5.41) is 10.5. The van der Waals surface area contributed by atoms with Crippen LogP contribution in [0.4, 0.5) is 0 Å². The molecule has 0 amide bonds. The molecule has 0 saturated heterocycles. The van der Waals surface area contributed by atoms with Crippen LogP contribution in [-0.4, -0.2) is 0 Å². The highest BCUT2D eigenvalue weighted by atomic mass is 14.4. The molecule has 54 heavy (non-hydrogen) atoms. The van der Waals surface area contributed by atoms with Gasteiger partial charge in [0.15, 0.2) is 0 Å². The first-order valence-electron chi connectivity index (χ1n) is 19.4. The second-order valence-corrected chi connectivity index (χ2v) is 17.8. The molecular weight excluding hydrogens is 649 g/mol. The minimum Gasteiger partial charge on any atom is -0.0616 e. The van der Waals surface area contributed by atoms with E-state index in [1.807, 2.05) is 0 Å². The third-order valence-corrected chi connectivity index (χ3v) is 12.3. The topological polar surface area (TPSA) is 0 Å². The number of hydrogen-bond acceptors (Lipinski definition) is 0. The standard InChI is InChI=1S/C54H42/c1-53(2,3)39-19-11-17-35(23-39)41-30-48-44-27-37-21-31-13-7-8-14-32(31)22-38(37)28-46(44)50-42(36-18-12-20-40(24-36)54(4,5)6)29-47-43-25-33-15-9-10-16-34(33)26-45(43)49(41)51(47)52(48)50/h7-30H,1-6H3. The van der Waals surface area contributed by atoms with E-state index in [4.69, 9.17) is 0 Å². The van der Waals surface area contributed by atoms with Gasteiger partial charge in [-0.3, -0.25) is 0 Å². The van der Waals surface area contributed by atoms with Crippen LogP contribution in [0.5, 0.6) is 0 Å². The summed E-state index contributed by atoms with van der Waals surface area (Å²) in [7, 11) is 0. The molecule has 0 aliphatic heterocycles. The highest BCUT2D eigenvalue weighted by Crippen LogP contribution is 2.62. The Morgan fingerprint density at radius 3 is 1.07 bits per heavy atom. The van der Waals surface area contributed by atoms with E-state index in [0.29, 0.717) is 0 Å². The summed E-state index contributed by atoms with van der Waals surface area (Å²) in [6.45, 7) is 13.9. The summed E-state index contributed by atoms with van der Waals surface area (Å²) >= 11 is 0. The van der Waals surface area contributed by atoms with Gasteiger partial charge in [0.05, 0.1) is 0 Å². The first-order valence-corrected chi connectivity index (χ1v) is 19.4. The van der Waals surface area contributed by atoms with Gasteiger partial charge in [0.1, 0.15) is 0 Å². The Kier molecular flexibility index (Phi) is 6.31. The van der Waals surface area contributed by atoms with E-state index in [2.05, 4.69) is 187 Å². The van der Waals surface area contributed by atoms with E-state index in [0.717, 1.165) is 0 Å². The molecule has 2 aliphatic carbocycles. The van der Waals surface area contributed by atoms with Crippen molar-refractivity contribution in [1.29, 1.82) is 0 Å². The highest BCUT2D eigenvalue weighted by molar-refractivity contribution is 6.32. The summed E-state index contributed by atoms with van der Waals surface area (Å²) in [5.74, 6) is 0. The van der Waals surface area contributed by atoms with Gasteiger partial charge in [-0.1, -0.05) is 139 Å². The predicted octanol–water partition coefficient (Wildman–Crippen LogP) is 15.5. The number of hydrogen-bond donors (Lipinski definition) is 0. The van der Waals surface area contributed by atoms with Gasteiger partial charge in [0.2, 0.25) is 0 Å². The molecule has 0 atom stereocenters. The molecule has 0 fully saturated rings. The molecule has 11 rings (SSSR count). The van der Waals surface area contributed by atoms with E-state index >= 15 is 0 Å². The molecule has 0 N–H and O–H groups in total. The van der Waals surface area contributed by atoms with Crippen LogP contribution in [0, 0.1) is 0 Å². The zero-order chi connectivity index (χ0) is 36.7. The number of fused-ring (bicyclic) bond motifs is 9. The van der Waals surface area contributed by atoms with Crippen molar-refractivity contribution in [1.82, 2.24) is 0 Å². The van der Waals surface area contributed by atoms with Crippen LogP contribution < -0.4 is 0 Å². The van der Waals surface area contributed by atoms with Crippen LogP contribution in [0.2, 0.25) is 0 Å². The minimum atomic E-state index is 0.0412. The molecule has 0 aromatic heterocycles. The second kappa shape index (κ2) is 10.8. The summed E-state index contributed by atoms with van der Waals surface area (Å²) in [4.78, 5) is 0. The molecule has 258 valence electrons. The van der Waals surface area contributed by atoms with Gasteiger partial charge in [-0.25, -0.2) is 0 Å². The van der Waals surface area contributed by atoms with Crippen molar-refractivity contribution in [3.05, 3.63) is 157 Å². The Morgan fingerprint density at radius 1 is 0.278 bits per heavy atom. The van der Waals surface area contributed by atoms with E-state index in [1.165, 1.54) is 121 Å². The van der Waals surface area contributed by atoms with E-state index in [-0.39, 0.29) is 10.8 Å². The Hall–Kier alpha value is -5.98. The predicted molar refractivity (Wildman–Crippen MR) is 234 cm³/mol. The molecule has 2 aliphatic rings. The van der Waals surface area contributed by atoms with Crippen LogP contribution in [-0.2, 0) is 10.8 Å². The highest BCUT2D eigenvalue weighted by Gasteiger charge is 2.35. The second-order valence-electron chi connectivity index (χ2n) is 17.8. The first-order chi connectivity index (χ1) is 26.0. The van der Waals surface area contributed by atoms with Gasteiger partial charge in [0.25, 0.3) is 0 Å². The fourth-order valence-corrected chi connectivity index (χ4v) is 9.47. The molecular formula is C54H42. The molecule has 0 spiro atoms. The quantitative estimate of drug-likeness (QED) is 0.158. The fourth-order valence-electron chi connectivity index (χ4n) is 9.47. The van der Waals surface area contributed by atoms with Crippen LogP contribution in [0.15, 0.2) is 146 Å². The van der Waals surface area contributed by atoms with Crippen LogP contribution in [0.25, 0.3) is 110 Å². The Bertz CT molecular complexity index is 3100. The smallest absolute Gasteiger partial charge is 0.000718 e. The maximum absolute atomic E-state index is 2.55. The largest absolute Gasteiger partial charge is 0.0616 e. The summed E-state index contributed by atoms with van der Waals surface area (Å²) in [6.07, 6.45) is 0. The molecule has 9 aromatic carbocycles. The first kappa shape index (κ1) is 31.5. The molecule has 0 saturated carbocycles. The van der Waals surface area contributed by atoms with Crippen molar-refractivity contribution in [2.24, 2.45) is 0 Å². The molecule has 0 nitrogen and oxygen atoms in total. The zero-order valence-corrected chi connectivity index (χ0v) is 31.9. The number of rotatable bonds is 2. The van der Waals surface area contributed by atoms with E-state index in [1.54, 1.807) is 0 Å². The van der Waals surface area contributed by atoms with E-state index < -0.39 is 0 Å². The van der Waals surface area contributed by atoms with Crippen LogP contribution in [0.1, 0.15) is 52.7 Å². The molecule has 0 bridgehead atoms. The fraction of sp³-hybridized carbons (Fsp3) is 0.148. The molecule has 0 unspecified atom stereocenters. The lowest BCUT2D eigenvalue weighted by molar-refractivity contribution is 0.590. The van der Waals surface area contributed by atoms with Gasteiger partial charge in [-0.05, 0) is 180 Å². The lowest BCUT2D eigenvalue weighted by Gasteiger charge is -2.21. The van der Waals surface area contributed by atoms with Crippen LogP contribution >= 0.6 is 0 Å². The third-order valence-electron chi connectivity index (χ3n) is 12.3. The molecule has 0 heterocycles. The Balaban J connectivity index is 1.32. The summed E-state index contributed by atoms with van der Waals surface area (Å²) in [5.41, 5.74) is 18.8. The van der Waals surface area contributed by atoms with Gasteiger partial charge in [-0.2, -0.15) is 0 Å². The average Bonchev–Trinajstić information content (AvgIpc) is 3.65. The lowest BCUT2D eigenvalue weighted by Crippen LogP contribution is -2.10. The maximum Gasteiger partial charge on any atom is -0.000718 e. The van der Waals surface area contributed by atoms with Crippen molar-refractivity contribution in [2.45, 2.75) is 52.4 Å².